The molecule has 0 bridgehead atoms. The zero-order chi connectivity index (χ0) is 16.4. The molecule has 0 radical (unpaired) electrons. The Morgan fingerprint density at radius 3 is 2.18 bits per heavy atom. The van der Waals surface area contributed by atoms with Gasteiger partial charge in [-0.15, -0.1) is 0 Å². The Kier molecular flexibility index (Phi) is 5.34. The first-order valence-corrected chi connectivity index (χ1v) is 8.62. The van der Waals surface area contributed by atoms with Gasteiger partial charge in [-0.25, -0.2) is 0 Å². The molecule has 1 aliphatic heterocycles. The molecule has 1 saturated heterocycles. The summed E-state index contributed by atoms with van der Waals surface area (Å²) in [4.78, 5) is 4.68. The van der Waals surface area contributed by atoms with Crippen molar-refractivity contribution < 1.29 is 9.31 Å². The maximum Gasteiger partial charge on any atom is 0.496 e. The lowest BCUT2D eigenvalue weighted by atomic mass is 9.80. The van der Waals surface area contributed by atoms with Gasteiger partial charge in [0.15, 0.2) is 0 Å². The summed E-state index contributed by atoms with van der Waals surface area (Å²) < 4.78 is 12.2. The minimum Gasteiger partial charge on any atom is -0.399 e. The quantitative estimate of drug-likeness (QED) is 0.743. The Morgan fingerprint density at radius 2 is 1.73 bits per heavy atom. The van der Waals surface area contributed by atoms with Crippen LogP contribution >= 0.6 is 0 Å². The molecule has 1 aromatic heterocycles. The van der Waals surface area contributed by atoms with Crippen LogP contribution < -0.4 is 5.46 Å². The molecule has 0 amide bonds. The third kappa shape index (κ3) is 3.54. The summed E-state index contributed by atoms with van der Waals surface area (Å²) in [6, 6.07) is 4.25. The van der Waals surface area contributed by atoms with E-state index in [1.165, 1.54) is 25.0 Å². The summed E-state index contributed by atoms with van der Waals surface area (Å²) in [5.41, 5.74) is 1.59. The van der Waals surface area contributed by atoms with Gasteiger partial charge in [0, 0.05) is 23.3 Å². The third-order valence-electron chi connectivity index (χ3n) is 5.15. The van der Waals surface area contributed by atoms with Crippen molar-refractivity contribution in [2.24, 2.45) is 0 Å². The molecule has 1 aliphatic rings. The normalized spacial score (nSPS) is 21.1. The fourth-order valence-electron chi connectivity index (χ4n) is 2.79. The lowest BCUT2D eigenvalue weighted by molar-refractivity contribution is 0.00578. The van der Waals surface area contributed by atoms with Gasteiger partial charge >= 0.3 is 7.12 Å². The molecule has 0 aliphatic carbocycles. The smallest absolute Gasteiger partial charge is 0.399 e. The molecule has 22 heavy (non-hydrogen) atoms. The van der Waals surface area contributed by atoms with Crippen molar-refractivity contribution >= 4 is 12.6 Å². The first-order chi connectivity index (χ1) is 10.3. The van der Waals surface area contributed by atoms with E-state index in [2.05, 4.69) is 58.7 Å². The second-order valence-corrected chi connectivity index (χ2v) is 7.35. The lowest BCUT2D eigenvalue weighted by Gasteiger charge is -2.32. The Morgan fingerprint density at radius 1 is 1.09 bits per heavy atom. The van der Waals surface area contributed by atoms with E-state index in [9.17, 15) is 0 Å². The molecule has 0 spiro atoms. The Bertz CT molecular complexity index is 468. The molecule has 2 heterocycles. The van der Waals surface area contributed by atoms with Gasteiger partial charge in [0.2, 0.25) is 0 Å². The highest BCUT2D eigenvalue weighted by Gasteiger charge is 2.51. The SMILES string of the molecule is CCCCC(CC)c1ccc(B2OC(C)(C)C(C)(C)O2)cn1. The zero-order valence-electron chi connectivity index (χ0n) is 15.0. The van der Waals surface area contributed by atoms with Crippen molar-refractivity contribution in [3.8, 4) is 0 Å². The van der Waals surface area contributed by atoms with Crippen molar-refractivity contribution in [3.63, 3.8) is 0 Å². The zero-order valence-corrected chi connectivity index (χ0v) is 15.0. The van der Waals surface area contributed by atoms with Gasteiger partial charge in [-0.2, -0.15) is 0 Å². The summed E-state index contributed by atoms with van der Waals surface area (Å²) in [6.07, 6.45) is 6.78. The van der Waals surface area contributed by atoms with Crippen molar-refractivity contribution in [2.45, 2.75) is 84.3 Å². The van der Waals surface area contributed by atoms with E-state index in [0.29, 0.717) is 5.92 Å². The molecule has 4 heteroatoms. The number of aromatic nitrogens is 1. The monoisotopic (exact) mass is 303 g/mol. The first-order valence-electron chi connectivity index (χ1n) is 8.62. The topological polar surface area (TPSA) is 31.4 Å². The molecule has 1 aromatic rings. The minimum absolute atomic E-state index is 0.302. The summed E-state index contributed by atoms with van der Waals surface area (Å²) in [7, 11) is -0.317. The average Bonchev–Trinajstić information content (AvgIpc) is 2.69. The van der Waals surface area contributed by atoms with E-state index in [-0.39, 0.29) is 18.3 Å². The molecular weight excluding hydrogens is 273 g/mol. The van der Waals surface area contributed by atoms with E-state index in [1.807, 2.05) is 6.20 Å². The molecule has 122 valence electrons. The standard InChI is InChI=1S/C18H30BNO2/c1-7-9-10-14(8-2)16-12-11-15(13-20-16)19-21-17(3,4)18(5,6)22-19/h11-14H,7-10H2,1-6H3. The first kappa shape index (κ1) is 17.5. The molecule has 1 unspecified atom stereocenters. The molecule has 0 saturated carbocycles. The summed E-state index contributed by atoms with van der Waals surface area (Å²) >= 11 is 0. The van der Waals surface area contributed by atoms with Crippen molar-refractivity contribution in [1.82, 2.24) is 4.98 Å². The van der Waals surface area contributed by atoms with Gasteiger partial charge in [-0.3, -0.25) is 4.98 Å². The van der Waals surface area contributed by atoms with E-state index >= 15 is 0 Å². The van der Waals surface area contributed by atoms with Crippen LogP contribution in [-0.2, 0) is 9.31 Å². The molecule has 1 atom stereocenters. The van der Waals surface area contributed by atoms with E-state index in [4.69, 9.17) is 9.31 Å². The minimum atomic E-state index is -0.317. The van der Waals surface area contributed by atoms with E-state index in [1.54, 1.807) is 0 Å². The Labute approximate surface area is 136 Å². The maximum atomic E-state index is 6.08. The van der Waals surface area contributed by atoms with Crippen molar-refractivity contribution in [1.29, 1.82) is 0 Å². The van der Waals surface area contributed by atoms with E-state index in [0.717, 1.165) is 11.9 Å². The Balaban J connectivity index is 2.09. The van der Waals surface area contributed by atoms with Crippen molar-refractivity contribution in [3.05, 3.63) is 24.0 Å². The van der Waals surface area contributed by atoms with Gasteiger partial charge < -0.3 is 9.31 Å². The number of rotatable bonds is 6. The molecule has 3 nitrogen and oxygen atoms in total. The molecule has 1 fully saturated rings. The fraction of sp³-hybridized carbons (Fsp3) is 0.722. The third-order valence-corrected chi connectivity index (χ3v) is 5.15. The Hall–Kier alpha value is -0.865. The van der Waals surface area contributed by atoms with Gasteiger partial charge in [0.05, 0.1) is 11.2 Å². The predicted octanol–water partition coefficient (Wildman–Crippen LogP) is 4.06. The largest absolute Gasteiger partial charge is 0.496 e. The average molecular weight is 303 g/mol. The van der Waals surface area contributed by atoms with Crippen LogP contribution in [-0.4, -0.2) is 23.3 Å². The van der Waals surface area contributed by atoms with Crippen molar-refractivity contribution in [2.75, 3.05) is 0 Å². The molecule has 0 N–H and O–H groups in total. The van der Waals surface area contributed by atoms with Crippen LogP contribution in [0, 0.1) is 0 Å². The number of hydrogen-bond donors (Lipinski definition) is 0. The number of unbranched alkanes of at least 4 members (excludes halogenated alkanes) is 1. The van der Waals surface area contributed by atoms with Crippen LogP contribution in [0.5, 0.6) is 0 Å². The van der Waals surface area contributed by atoms with Crippen LogP contribution in [0.2, 0.25) is 0 Å². The van der Waals surface area contributed by atoms with Gasteiger partial charge in [-0.1, -0.05) is 32.8 Å². The van der Waals surface area contributed by atoms with Gasteiger partial charge in [0.25, 0.3) is 0 Å². The van der Waals surface area contributed by atoms with Crippen LogP contribution in [0.3, 0.4) is 0 Å². The van der Waals surface area contributed by atoms with Gasteiger partial charge in [0.1, 0.15) is 0 Å². The molecule has 0 aromatic carbocycles. The van der Waals surface area contributed by atoms with Crippen LogP contribution in [0.15, 0.2) is 18.3 Å². The predicted molar refractivity (Wildman–Crippen MR) is 92.5 cm³/mol. The summed E-state index contributed by atoms with van der Waals surface area (Å²) in [6.45, 7) is 12.8. The fourth-order valence-corrected chi connectivity index (χ4v) is 2.79. The maximum absolute atomic E-state index is 6.08. The second kappa shape index (κ2) is 6.71. The number of hydrogen-bond acceptors (Lipinski definition) is 3. The molecule has 2 rings (SSSR count). The highest BCUT2D eigenvalue weighted by Crippen LogP contribution is 2.36. The highest BCUT2D eigenvalue weighted by atomic mass is 16.7. The van der Waals surface area contributed by atoms with Crippen LogP contribution in [0.1, 0.15) is 78.8 Å². The summed E-state index contributed by atoms with van der Waals surface area (Å²) in [5, 5.41) is 0. The van der Waals surface area contributed by atoms with Gasteiger partial charge in [-0.05, 0) is 46.6 Å². The summed E-state index contributed by atoms with van der Waals surface area (Å²) in [5.74, 6) is 0.562. The van der Waals surface area contributed by atoms with E-state index < -0.39 is 0 Å². The lowest BCUT2D eigenvalue weighted by Crippen LogP contribution is -2.41. The molecular formula is C18H30BNO2. The highest BCUT2D eigenvalue weighted by molar-refractivity contribution is 6.62. The van der Waals surface area contributed by atoms with Crippen LogP contribution in [0.4, 0.5) is 0 Å². The van der Waals surface area contributed by atoms with Crippen LogP contribution in [0.25, 0.3) is 0 Å². The number of nitrogens with zero attached hydrogens (tertiary/aromatic N) is 1. The second-order valence-electron chi connectivity index (χ2n) is 7.35. The number of pyridine rings is 1.